The van der Waals surface area contributed by atoms with Crippen molar-refractivity contribution in [2.24, 2.45) is 0 Å². The summed E-state index contributed by atoms with van der Waals surface area (Å²) in [5, 5.41) is 14.4. The molecule has 1 aromatic heterocycles. The molecule has 1 fully saturated rings. The number of aromatic nitrogens is 2. The molecule has 1 amide bonds. The average molecular weight is 436 g/mol. The molecule has 0 saturated carbocycles. The number of carbonyl (C=O) groups excluding carboxylic acids is 1. The molecule has 4 rings (SSSR count). The number of rotatable bonds is 3. The van der Waals surface area contributed by atoms with Crippen LogP contribution in [0.1, 0.15) is 21.5 Å². The molecular formula is C23H21N3O4S. The van der Waals surface area contributed by atoms with Gasteiger partial charge in [0.1, 0.15) is 0 Å². The number of amides is 1. The third-order valence-electron chi connectivity index (χ3n) is 5.22. The van der Waals surface area contributed by atoms with Crippen LogP contribution in [0.2, 0.25) is 0 Å². The van der Waals surface area contributed by atoms with Crippen molar-refractivity contribution in [1.29, 1.82) is 0 Å². The van der Waals surface area contributed by atoms with Gasteiger partial charge in [-0.15, -0.1) is 0 Å². The first-order chi connectivity index (χ1) is 14.8. The zero-order valence-electron chi connectivity index (χ0n) is 16.8. The summed E-state index contributed by atoms with van der Waals surface area (Å²) < 4.78 is 25.3. The van der Waals surface area contributed by atoms with E-state index < -0.39 is 22.0 Å². The Morgan fingerprint density at radius 1 is 1.13 bits per heavy atom. The molecule has 0 aliphatic carbocycles. The Hall–Kier alpha value is -3.41. The summed E-state index contributed by atoms with van der Waals surface area (Å²) in [7, 11) is -1.86. The second kappa shape index (κ2) is 8.38. The minimum Gasteiger partial charge on any atom is -0.390 e. The molecule has 1 aliphatic rings. The van der Waals surface area contributed by atoms with E-state index in [2.05, 4.69) is 16.9 Å². The van der Waals surface area contributed by atoms with E-state index in [0.29, 0.717) is 11.1 Å². The summed E-state index contributed by atoms with van der Waals surface area (Å²) in [4.78, 5) is 14.4. The first-order valence-electron chi connectivity index (χ1n) is 9.71. The lowest BCUT2D eigenvalue weighted by atomic mass is 10.1. The summed E-state index contributed by atoms with van der Waals surface area (Å²) in [5.74, 6) is 5.25. The van der Waals surface area contributed by atoms with Crippen LogP contribution in [0.15, 0.2) is 67.0 Å². The third-order valence-corrected chi connectivity index (χ3v) is 6.92. The normalized spacial score (nSPS) is 19.4. The number of benzene rings is 2. The van der Waals surface area contributed by atoms with Crippen LogP contribution in [0, 0.1) is 11.8 Å². The number of nitrogens with zero attached hydrogens (tertiary/aromatic N) is 3. The Balaban J connectivity index is 1.69. The summed E-state index contributed by atoms with van der Waals surface area (Å²) in [5.41, 5.74) is 2.51. The number of hydrogen-bond acceptors (Lipinski definition) is 5. The van der Waals surface area contributed by atoms with Gasteiger partial charge in [-0.2, -0.15) is 5.10 Å². The van der Waals surface area contributed by atoms with E-state index in [1.807, 2.05) is 30.3 Å². The van der Waals surface area contributed by atoms with Crippen LogP contribution < -0.4 is 0 Å². The largest absolute Gasteiger partial charge is 0.390 e. The molecule has 1 N–H and O–H groups in total. The minimum absolute atomic E-state index is 0.248. The van der Waals surface area contributed by atoms with Crippen LogP contribution >= 0.6 is 0 Å². The number of carbonyl (C=O) groups is 1. The van der Waals surface area contributed by atoms with Gasteiger partial charge >= 0.3 is 0 Å². The Morgan fingerprint density at radius 3 is 2.55 bits per heavy atom. The summed E-state index contributed by atoms with van der Waals surface area (Å²) in [6, 6.07) is 15.6. The second-order valence-corrected chi connectivity index (χ2v) is 9.58. The van der Waals surface area contributed by atoms with Crippen LogP contribution in [0.3, 0.4) is 0 Å². The highest BCUT2D eigenvalue weighted by Crippen LogP contribution is 2.21. The molecule has 3 aromatic rings. The van der Waals surface area contributed by atoms with Gasteiger partial charge in [-0.05, 0) is 36.4 Å². The monoisotopic (exact) mass is 435 g/mol. The van der Waals surface area contributed by atoms with Crippen molar-refractivity contribution in [3.05, 3.63) is 83.7 Å². The fourth-order valence-electron chi connectivity index (χ4n) is 3.58. The van der Waals surface area contributed by atoms with Gasteiger partial charge in [0.2, 0.25) is 0 Å². The molecule has 2 aromatic carbocycles. The van der Waals surface area contributed by atoms with Gasteiger partial charge in [0.15, 0.2) is 9.84 Å². The van der Waals surface area contributed by atoms with E-state index >= 15 is 0 Å². The van der Waals surface area contributed by atoms with Crippen molar-refractivity contribution >= 4 is 15.7 Å². The Bertz CT molecular complexity index is 1260. The molecule has 31 heavy (non-hydrogen) atoms. The molecule has 0 bridgehead atoms. The van der Waals surface area contributed by atoms with Crippen LogP contribution in [0.5, 0.6) is 0 Å². The van der Waals surface area contributed by atoms with Gasteiger partial charge in [0.05, 0.1) is 34.9 Å². The molecule has 1 aliphatic heterocycles. The second-order valence-electron chi connectivity index (χ2n) is 7.43. The van der Waals surface area contributed by atoms with E-state index in [1.54, 1.807) is 41.3 Å². The Morgan fingerprint density at radius 2 is 1.90 bits per heavy atom. The molecule has 2 atom stereocenters. The number of hydrogen-bond donors (Lipinski definition) is 1. The van der Waals surface area contributed by atoms with Gasteiger partial charge in [0, 0.05) is 30.6 Å². The van der Waals surface area contributed by atoms with Crippen molar-refractivity contribution in [3.63, 3.8) is 0 Å². The quantitative estimate of drug-likeness (QED) is 0.630. The first-order valence-corrected chi connectivity index (χ1v) is 11.5. The van der Waals surface area contributed by atoms with Gasteiger partial charge < -0.3 is 10.0 Å². The van der Waals surface area contributed by atoms with Gasteiger partial charge in [0.25, 0.3) is 5.91 Å². The summed E-state index contributed by atoms with van der Waals surface area (Å²) in [6.45, 7) is 0. The van der Waals surface area contributed by atoms with E-state index in [9.17, 15) is 18.3 Å². The number of aliphatic hydroxyl groups excluding tert-OH is 1. The molecule has 8 heteroatoms. The number of likely N-dealkylation sites (N-methyl/N-ethyl adjacent to an activating group) is 1. The third kappa shape index (κ3) is 4.53. The van der Waals surface area contributed by atoms with Gasteiger partial charge in [-0.1, -0.05) is 30.0 Å². The summed E-state index contributed by atoms with van der Waals surface area (Å²) >= 11 is 0. The van der Waals surface area contributed by atoms with Crippen molar-refractivity contribution in [1.82, 2.24) is 14.7 Å². The molecule has 0 radical (unpaired) electrons. The molecule has 1 saturated heterocycles. The maximum atomic E-state index is 13.1. The molecular weight excluding hydrogens is 414 g/mol. The highest BCUT2D eigenvalue weighted by molar-refractivity contribution is 7.91. The van der Waals surface area contributed by atoms with Crippen LogP contribution in [0.25, 0.3) is 5.69 Å². The maximum absolute atomic E-state index is 13.1. The lowest BCUT2D eigenvalue weighted by Gasteiger charge is -2.26. The molecule has 7 nitrogen and oxygen atoms in total. The standard InChI is InChI=1S/C23H21N3O4S/c1-25(21-15-31(29,30)16-22(21)27)23(28)19-10-11-20(26-13-5-12-24-26)18(14-19)9-8-17-6-3-2-4-7-17/h2-7,10-14,21-22,27H,15-16H2,1H3/t21-,22+/m1/s1. The van der Waals surface area contributed by atoms with E-state index in [1.165, 1.54) is 11.9 Å². The predicted molar refractivity (Wildman–Crippen MR) is 117 cm³/mol. The number of sulfone groups is 1. The van der Waals surface area contributed by atoms with E-state index in [0.717, 1.165) is 11.3 Å². The molecule has 158 valence electrons. The predicted octanol–water partition coefficient (Wildman–Crippen LogP) is 1.50. The smallest absolute Gasteiger partial charge is 0.254 e. The average Bonchev–Trinajstić information content (AvgIpc) is 3.39. The fourth-order valence-corrected chi connectivity index (χ4v) is 5.42. The highest BCUT2D eigenvalue weighted by Gasteiger charge is 2.40. The Labute approximate surface area is 180 Å². The van der Waals surface area contributed by atoms with Crippen LogP contribution in [-0.2, 0) is 9.84 Å². The zero-order chi connectivity index (χ0) is 22.0. The van der Waals surface area contributed by atoms with Crippen molar-refractivity contribution in [2.45, 2.75) is 12.1 Å². The van der Waals surface area contributed by atoms with Gasteiger partial charge in [-0.25, -0.2) is 13.1 Å². The molecule has 0 unspecified atom stereocenters. The minimum atomic E-state index is -3.37. The fraction of sp³-hybridized carbons (Fsp3) is 0.217. The number of aliphatic hydroxyl groups is 1. The molecule has 0 spiro atoms. The lowest BCUT2D eigenvalue weighted by molar-refractivity contribution is 0.0581. The summed E-state index contributed by atoms with van der Waals surface area (Å²) in [6.07, 6.45) is 2.35. The van der Waals surface area contributed by atoms with Crippen molar-refractivity contribution < 1.29 is 18.3 Å². The van der Waals surface area contributed by atoms with Crippen LogP contribution in [0.4, 0.5) is 0 Å². The SMILES string of the molecule is CN(C(=O)c1ccc(-n2cccn2)c(C#Cc2ccccc2)c1)[C@@H]1CS(=O)(=O)C[C@@H]1O. The van der Waals surface area contributed by atoms with E-state index in [4.69, 9.17) is 0 Å². The zero-order valence-corrected chi connectivity index (χ0v) is 17.7. The van der Waals surface area contributed by atoms with Crippen LogP contribution in [-0.4, -0.2) is 64.8 Å². The van der Waals surface area contributed by atoms with Crippen molar-refractivity contribution in [3.8, 4) is 17.5 Å². The highest BCUT2D eigenvalue weighted by atomic mass is 32.2. The van der Waals surface area contributed by atoms with Crippen molar-refractivity contribution in [2.75, 3.05) is 18.6 Å². The molecule has 2 heterocycles. The maximum Gasteiger partial charge on any atom is 0.254 e. The van der Waals surface area contributed by atoms with E-state index in [-0.39, 0.29) is 17.4 Å². The first kappa shape index (κ1) is 20.8. The Kier molecular flexibility index (Phi) is 5.63. The van der Waals surface area contributed by atoms with Gasteiger partial charge in [-0.3, -0.25) is 4.79 Å². The topological polar surface area (TPSA) is 92.5 Å². The lowest BCUT2D eigenvalue weighted by Crippen LogP contribution is -2.44.